The Morgan fingerprint density at radius 3 is 2.38 bits per heavy atom. The molecule has 0 aromatic heterocycles. The number of hydrogen-bond donors (Lipinski definition) is 1. The molecule has 0 bridgehead atoms. The second-order valence-electron chi connectivity index (χ2n) is 3.62. The van der Waals surface area contributed by atoms with Gasteiger partial charge in [0, 0.05) is 0 Å². The molecule has 0 atom stereocenters. The summed E-state index contributed by atoms with van der Waals surface area (Å²) in [6, 6.07) is 0. The standard InChI is InChI=1S/C11H16O2/c1-2-3-7-11(10(12)13)8-5-4-6-9-11/h2-3,7H,1,4-6,8-9H2,(H,12,13)/b7-3+. The quantitative estimate of drug-likeness (QED) is 0.678. The molecular formula is C11H16O2. The molecule has 0 saturated heterocycles. The monoisotopic (exact) mass is 180 g/mol. The first-order valence-corrected chi connectivity index (χ1v) is 4.75. The van der Waals surface area contributed by atoms with Gasteiger partial charge in [0.05, 0.1) is 5.41 Å². The summed E-state index contributed by atoms with van der Waals surface area (Å²) in [5.41, 5.74) is -0.605. The lowest BCUT2D eigenvalue weighted by Gasteiger charge is -2.29. The Labute approximate surface area is 79.0 Å². The Kier molecular flexibility index (Phi) is 3.29. The number of carboxylic acid groups (broad SMARTS) is 1. The zero-order valence-electron chi connectivity index (χ0n) is 7.83. The number of rotatable bonds is 3. The van der Waals surface area contributed by atoms with Crippen molar-refractivity contribution in [3.05, 3.63) is 24.8 Å². The molecular weight excluding hydrogens is 164 g/mol. The van der Waals surface area contributed by atoms with Gasteiger partial charge < -0.3 is 5.11 Å². The fraction of sp³-hybridized carbons (Fsp3) is 0.545. The van der Waals surface area contributed by atoms with Crippen LogP contribution in [0.5, 0.6) is 0 Å². The van der Waals surface area contributed by atoms with Gasteiger partial charge in [0.15, 0.2) is 0 Å². The van der Waals surface area contributed by atoms with Crippen molar-refractivity contribution in [2.24, 2.45) is 5.41 Å². The van der Waals surface area contributed by atoms with Crippen molar-refractivity contribution in [1.82, 2.24) is 0 Å². The Morgan fingerprint density at radius 1 is 1.31 bits per heavy atom. The molecule has 1 aliphatic carbocycles. The van der Waals surface area contributed by atoms with Crippen LogP contribution in [0, 0.1) is 5.41 Å². The van der Waals surface area contributed by atoms with Gasteiger partial charge in [-0.3, -0.25) is 4.79 Å². The third-order valence-corrected chi connectivity index (χ3v) is 2.72. The van der Waals surface area contributed by atoms with Gasteiger partial charge in [-0.1, -0.05) is 44.1 Å². The average molecular weight is 180 g/mol. The van der Waals surface area contributed by atoms with Crippen LogP contribution in [0.2, 0.25) is 0 Å². The summed E-state index contributed by atoms with van der Waals surface area (Å²) in [6.07, 6.45) is 9.93. The first-order valence-electron chi connectivity index (χ1n) is 4.75. The van der Waals surface area contributed by atoms with E-state index in [1.54, 1.807) is 18.2 Å². The van der Waals surface area contributed by atoms with E-state index in [0.717, 1.165) is 32.1 Å². The highest BCUT2D eigenvalue weighted by Gasteiger charge is 2.36. The summed E-state index contributed by atoms with van der Waals surface area (Å²) in [4.78, 5) is 11.1. The van der Waals surface area contributed by atoms with Crippen LogP contribution in [0.25, 0.3) is 0 Å². The third-order valence-electron chi connectivity index (χ3n) is 2.72. The van der Waals surface area contributed by atoms with Gasteiger partial charge in [-0.05, 0) is 12.8 Å². The van der Waals surface area contributed by atoms with E-state index in [1.165, 1.54) is 0 Å². The first kappa shape index (κ1) is 10.0. The van der Waals surface area contributed by atoms with Crippen molar-refractivity contribution >= 4 is 5.97 Å². The van der Waals surface area contributed by atoms with Gasteiger partial charge in [-0.2, -0.15) is 0 Å². The van der Waals surface area contributed by atoms with Gasteiger partial charge in [-0.25, -0.2) is 0 Å². The molecule has 1 aliphatic rings. The van der Waals surface area contributed by atoms with Crippen LogP contribution in [-0.2, 0) is 4.79 Å². The molecule has 0 aliphatic heterocycles. The molecule has 0 amide bonds. The van der Waals surface area contributed by atoms with E-state index < -0.39 is 11.4 Å². The molecule has 2 heteroatoms. The van der Waals surface area contributed by atoms with Crippen LogP contribution in [0.3, 0.4) is 0 Å². The smallest absolute Gasteiger partial charge is 0.313 e. The normalized spacial score (nSPS) is 21.5. The van der Waals surface area contributed by atoms with E-state index in [1.807, 2.05) is 0 Å². The van der Waals surface area contributed by atoms with Crippen LogP contribution in [0.4, 0.5) is 0 Å². The van der Waals surface area contributed by atoms with Gasteiger partial charge in [-0.15, -0.1) is 0 Å². The minimum Gasteiger partial charge on any atom is -0.481 e. The highest BCUT2D eigenvalue weighted by Crippen LogP contribution is 2.37. The molecule has 0 radical (unpaired) electrons. The van der Waals surface area contributed by atoms with E-state index in [0.29, 0.717) is 0 Å². The molecule has 72 valence electrons. The molecule has 1 rings (SSSR count). The third kappa shape index (κ3) is 2.20. The molecule has 0 spiro atoms. The summed E-state index contributed by atoms with van der Waals surface area (Å²) in [5.74, 6) is -0.690. The first-order chi connectivity index (χ1) is 6.21. The molecule has 0 heterocycles. The molecule has 1 fully saturated rings. The maximum Gasteiger partial charge on any atom is 0.313 e. The lowest BCUT2D eigenvalue weighted by molar-refractivity contribution is -0.147. The summed E-state index contributed by atoms with van der Waals surface area (Å²) < 4.78 is 0. The van der Waals surface area contributed by atoms with Crippen molar-refractivity contribution in [1.29, 1.82) is 0 Å². The van der Waals surface area contributed by atoms with E-state index in [4.69, 9.17) is 5.11 Å². The van der Waals surface area contributed by atoms with Crippen LogP contribution < -0.4 is 0 Å². The molecule has 0 unspecified atom stereocenters. The SMILES string of the molecule is C=C/C=C/C1(C(=O)O)CCCCC1. The van der Waals surface area contributed by atoms with E-state index in [9.17, 15) is 4.79 Å². The largest absolute Gasteiger partial charge is 0.481 e. The lowest BCUT2D eigenvalue weighted by Crippen LogP contribution is -2.31. The lowest BCUT2D eigenvalue weighted by atomic mass is 9.74. The Hall–Kier alpha value is -1.05. The van der Waals surface area contributed by atoms with Crippen LogP contribution >= 0.6 is 0 Å². The van der Waals surface area contributed by atoms with Crippen molar-refractivity contribution in [3.63, 3.8) is 0 Å². The highest BCUT2D eigenvalue weighted by atomic mass is 16.4. The minimum absolute atomic E-state index is 0.605. The summed E-state index contributed by atoms with van der Waals surface area (Å²) in [7, 11) is 0. The van der Waals surface area contributed by atoms with Crippen molar-refractivity contribution < 1.29 is 9.90 Å². The number of carboxylic acids is 1. The molecule has 2 nitrogen and oxygen atoms in total. The average Bonchev–Trinajstić information content (AvgIpc) is 2.16. The fourth-order valence-corrected chi connectivity index (χ4v) is 1.89. The van der Waals surface area contributed by atoms with Gasteiger partial charge in [0.2, 0.25) is 0 Å². The zero-order chi connectivity index (χ0) is 9.73. The number of hydrogen-bond acceptors (Lipinski definition) is 1. The van der Waals surface area contributed by atoms with Gasteiger partial charge >= 0.3 is 5.97 Å². The van der Waals surface area contributed by atoms with Crippen LogP contribution in [0.15, 0.2) is 24.8 Å². The second-order valence-corrected chi connectivity index (χ2v) is 3.62. The van der Waals surface area contributed by atoms with Gasteiger partial charge in [0.25, 0.3) is 0 Å². The van der Waals surface area contributed by atoms with E-state index in [-0.39, 0.29) is 0 Å². The van der Waals surface area contributed by atoms with E-state index in [2.05, 4.69) is 6.58 Å². The van der Waals surface area contributed by atoms with E-state index >= 15 is 0 Å². The Morgan fingerprint density at radius 2 is 1.92 bits per heavy atom. The molecule has 13 heavy (non-hydrogen) atoms. The minimum atomic E-state index is -0.690. The number of carbonyl (C=O) groups is 1. The maximum atomic E-state index is 11.1. The zero-order valence-corrected chi connectivity index (χ0v) is 7.83. The highest BCUT2D eigenvalue weighted by molar-refractivity contribution is 5.77. The summed E-state index contributed by atoms with van der Waals surface area (Å²) in [5, 5.41) is 9.13. The number of allylic oxidation sites excluding steroid dienone is 2. The second kappa shape index (κ2) is 4.26. The predicted octanol–water partition coefficient (Wildman–Crippen LogP) is 2.76. The molecule has 0 aromatic rings. The Balaban J connectivity index is 2.78. The van der Waals surface area contributed by atoms with Gasteiger partial charge in [0.1, 0.15) is 0 Å². The topological polar surface area (TPSA) is 37.3 Å². The molecule has 1 N–H and O–H groups in total. The summed E-state index contributed by atoms with van der Waals surface area (Å²) in [6.45, 7) is 3.56. The number of aliphatic carboxylic acids is 1. The van der Waals surface area contributed by atoms with Crippen LogP contribution in [-0.4, -0.2) is 11.1 Å². The predicted molar refractivity (Wildman–Crippen MR) is 52.5 cm³/mol. The van der Waals surface area contributed by atoms with Crippen molar-refractivity contribution in [2.45, 2.75) is 32.1 Å². The maximum absolute atomic E-state index is 11.1. The Bertz CT molecular complexity index is 222. The summed E-state index contributed by atoms with van der Waals surface area (Å²) >= 11 is 0. The molecule has 0 aromatic carbocycles. The van der Waals surface area contributed by atoms with Crippen LogP contribution in [0.1, 0.15) is 32.1 Å². The van der Waals surface area contributed by atoms with Crippen molar-refractivity contribution in [3.8, 4) is 0 Å². The molecule has 1 saturated carbocycles. The fourth-order valence-electron chi connectivity index (χ4n) is 1.89. The van der Waals surface area contributed by atoms with Crippen molar-refractivity contribution in [2.75, 3.05) is 0 Å².